The summed E-state index contributed by atoms with van der Waals surface area (Å²) in [5.41, 5.74) is 1.34. The molecular weight excluding hydrogens is 230 g/mol. The van der Waals surface area contributed by atoms with E-state index in [1.165, 1.54) is 24.8 Å². The maximum atomic E-state index is 5.15. The van der Waals surface area contributed by atoms with Crippen LogP contribution in [0.2, 0.25) is 0 Å². The summed E-state index contributed by atoms with van der Waals surface area (Å²) in [5, 5.41) is 0. The monoisotopic (exact) mass is 253 g/mol. The van der Waals surface area contributed by atoms with E-state index in [1.54, 1.807) is 7.11 Å². The van der Waals surface area contributed by atoms with Gasteiger partial charge in [-0.1, -0.05) is 18.6 Å². The van der Waals surface area contributed by atoms with Gasteiger partial charge in [0.1, 0.15) is 5.75 Å². The molecule has 1 rings (SSSR count). The molecular formula is C14H23NOS. The van der Waals surface area contributed by atoms with E-state index in [2.05, 4.69) is 36.7 Å². The average Bonchev–Trinajstić information content (AvgIpc) is 2.36. The largest absolute Gasteiger partial charge is 0.497 e. The third-order valence-corrected chi connectivity index (χ3v) is 3.13. The van der Waals surface area contributed by atoms with Crippen LogP contribution in [0.4, 0.5) is 0 Å². The number of benzene rings is 1. The molecule has 0 saturated heterocycles. The Morgan fingerprint density at radius 3 is 2.41 bits per heavy atom. The molecule has 96 valence electrons. The van der Waals surface area contributed by atoms with Crippen LogP contribution >= 0.6 is 12.6 Å². The van der Waals surface area contributed by atoms with Crippen LogP contribution in [0.5, 0.6) is 5.75 Å². The molecule has 0 atom stereocenters. The molecule has 0 N–H and O–H groups in total. The van der Waals surface area contributed by atoms with E-state index in [4.69, 9.17) is 4.74 Å². The molecule has 0 radical (unpaired) electrons. The summed E-state index contributed by atoms with van der Waals surface area (Å²) in [5.74, 6) is 1.92. The predicted octanol–water partition coefficient (Wildman–Crippen LogP) is 3.23. The van der Waals surface area contributed by atoms with Crippen molar-refractivity contribution in [3.8, 4) is 5.75 Å². The summed E-state index contributed by atoms with van der Waals surface area (Å²) in [6.07, 6.45) is 3.75. The fraction of sp³-hybridized carbons (Fsp3) is 0.571. The Morgan fingerprint density at radius 1 is 1.12 bits per heavy atom. The molecule has 0 heterocycles. The molecule has 0 bridgehead atoms. The first kappa shape index (κ1) is 14.4. The van der Waals surface area contributed by atoms with Gasteiger partial charge >= 0.3 is 0 Å². The molecule has 0 aliphatic heterocycles. The van der Waals surface area contributed by atoms with Crippen molar-refractivity contribution in [2.45, 2.75) is 25.8 Å². The van der Waals surface area contributed by atoms with E-state index >= 15 is 0 Å². The fourth-order valence-electron chi connectivity index (χ4n) is 1.79. The zero-order chi connectivity index (χ0) is 12.5. The second kappa shape index (κ2) is 8.43. The van der Waals surface area contributed by atoms with Gasteiger partial charge in [0, 0.05) is 6.54 Å². The number of hydrogen-bond acceptors (Lipinski definition) is 3. The van der Waals surface area contributed by atoms with Crippen LogP contribution in [0.15, 0.2) is 24.3 Å². The average molecular weight is 253 g/mol. The minimum absolute atomic E-state index is 0.921. The molecule has 17 heavy (non-hydrogen) atoms. The zero-order valence-electron chi connectivity index (χ0n) is 10.9. The van der Waals surface area contributed by atoms with Crippen molar-refractivity contribution < 1.29 is 4.74 Å². The van der Waals surface area contributed by atoms with Crippen molar-refractivity contribution in [2.24, 2.45) is 0 Å². The maximum Gasteiger partial charge on any atom is 0.118 e. The third kappa shape index (κ3) is 5.99. The first-order valence-electron chi connectivity index (χ1n) is 6.18. The lowest BCUT2D eigenvalue weighted by Crippen LogP contribution is -2.19. The number of unbranched alkanes of at least 4 members (excludes halogenated alkanes) is 2. The topological polar surface area (TPSA) is 12.5 Å². The lowest BCUT2D eigenvalue weighted by Gasteiger charge is -2.16. The van der Waals surface area contributed by atoms with Crippen LogP contribution in [-0.4, -0.2) is 31.4 Å². The van der Waals surface area contributed by atoms with Gasteiger partial charge < -0.3 is 9.64 Å². The van der Waals surface area contributed by atoms with Gasteiger partial charge in [0.2, 0.25) is 0 Å². The second-order valence-corrected chi connectivity index (χ2v) is 4.82. The summed E-state index contributed by atoms with van der Waals surface area (Å²) in [6, 6.07) is 8.29. The molecule has 0 fully saturated rings. The number of rotatable bonds is 8. The summed E-state index contributed by atoms with van der Waals surface area (Å²) in [4.78, 5) is 2.36. The van der Waals surface area contributed by atoms with Crippen molar-refractivity contribution in [1.29, 1.82) is 0 Å². The third-order valence-electron chi connectivity index (χ3n) is 2.81. The number of ether oxygens (including phenoxy) is 1. The molecule has 0 amide bonds. The summed E-state index contributed by atoms with van der Waals surface area (Å²) < 4.78 is 5.15. The minimum atomic E-state index is 0.921. The predicted molar refractivity (Wildman–Crippen MR) is 77.0 cm³/mol. The first-order chi connectivity index (χ1) is 8.26. The lowest BCUT2D eigenvalue weighted by atomic mass is 10.2. The van der Waals surface area contributed by atoms with Crippen molar-refractivity contribution in [2.75, 3.05) is 26.5 Å². The van der Waals surface area contributed by atoms with Crippen molar-refractivity contribution in [3.05, 3.63) is 29.8 Å². The molecule has 2 nitrogen and oxygen atoms in total. The molecule has 0 saturated carbocycles. The summed E-state index contributed by atoms with van der Waals surface area (Å²) in [7, 11) is 3.87. The normalized spacial score (nSPS) is 10.8. The van der Waals surface area contributed by atoms with Crippen LogP contribution in [-0.2, 0) is 6.54 Å². The van der Waals surface area contributed by atoms with Gasteiger partial charge in [0.25, 0.3) is 0 Å². The van der Waals surface area contributed by atoms with Gasteiger partial charge in [-0.3, -0.25) is 0 Å². The highest BCUT2D eigenvalue weighted by Crippen LogP contribution is 2.12. The Morgan fingerprint density at radius 2 is 1.82 bits per heavy atom. The van der Waals surface area contributed by atoms with Gasteiger partial charge in [-0.05, 0) is 49.9 Å². The van der Waals surface area contributed by atoms with Gasteiger partial charge in [-0.25, -0.2) is 0 Å². The highest BCUT2D eigenvalue weighted by molar-refractivity contribution is 7.80. The lowest BCUT2D eigenvalue weighted by molar-refractivity contribution is 0.318. The summed E-state index contributed by atoms with van der Waals surface area (Å²) >= 11 is 4.22. The smallest absolute Gasteiger partial charge is 0.118 e. The molecule has 0 aliphatic rings. The molecule has 1 aromatic carbocycles. The molecule has 1 aromatic rings. The Hall–Kier alpha value is -0.670. The fourth-order valence-corrected chi connectivity index (χ4v) is 2.02. The Bertz CT molecular complexity index is 300. The van der Waals surface area contributed by atoms with Crippen LogP contribution < -0.4 is 4.74 Å². The van der Waals surface area contributed by atoms with Gasteiger partial charge in [-0.2, -0.15) is 12.6 Å². The van der Waals surface area contributed by atoms with Gasteiger partial charge in [0.05, 0.1) is 7.11 Å². The molecule has 0 aromatic heterocycles. The number of nitrogens with zero attached hydrogens (tertiary/aromatic N) is 1. The van der Waals surface area contributed by atoms with E-state index < -0.39 is 0 Å². The molecule has 3 heteroatoms. The van der Waals surface area contributed by atoms with Crippen LogP contribution in [0, 0.1) is 0 Å². The number of hydrogen-bond donors (Lipinski definition) is 1. The van der Waals surface area contributed by atoms with E-state index in [-0.39, 0.29) is 0 Å². The highest BCUT2D eigenvalue weighted by atomic mass is 32.1. The van der Waals surface area contributed by atoms with Gasteiger partial charge in [-0.15, -0.1) is 0 Å². The second-order valence-electron chi connectivity index (χ2n) is 4.37. The van der Waals surface area contributed by atoms with Crippen LogP contribution in [0.3, 0.4) is 0 Å². The summed E-state index contributed by atoms with van der Waals surface area (Å²) in [6.45, 7) is 2.16. The molecule has 0 aliphatic carbocycles. The van der Waals surface area contributed by atoms with Crippen molar-refractivity contribution >= 4 is 12.6 Å². The SMILES string of the molecule is COc1ccc(CN(C)CCCCCS)cc1. The maximum absolute atomic E-state index is 5.15. The quantitative estimate of drug-likeness (QED) is 0.564. The Labute approximate surface area is 110 Å². The number of methoxy groups -OCH3 is 1. The van der Waals surface area contributed by atoms with E-state index in [0.717, 1.165) is 24.6 Å². The standard InChI is InChI=1S/C14H23NOS/c1-15(10-4-3-5-11-17)12-13-6-8-14(16-2)9-7-13/h6-9,17H,3-5,10-12H2,1-2H3. The Kier molecular flexibility index (Phi) is 7.13. The zero-order valence-corrected chi connectivity index (χ0v) is 11.7. The first-order valence-corrected chi connectivity index (χ1v) is 6.82. The highest BCUT2D eigenvalue weighted by Gasteiger charge is 2.00. The van der Waals surface area contributed by atoms with E-state index in [1.807, 2.05) is 12.1 Å². The Balaban J connectivity index is 2.26. The molecule has 0 spiro atoms. The van der Waals surface area contributed by atoms with Gasteiger partial charge in [0.15, 0.2) is 0 Å². The molecule has 0 unspecified atom stereocenters. The minimum Gasteiger partial charge on any atom is -0.497 e. The number of thiol groups is 1. The van der Waals surface area contributed by atoms with Crippen LogP contribution in [0.25, 0.3) is 0 Å². The van der Waals surface area contributed by atoms with Crippen molar-refractivity contribution in [1.82, 2.24) is 4.90 Å². The van der Waals surface area contributed by atoms with E-state index in [9.17, 15) is 0 Å². The van der Waals surface area contributed by atoms with Crippen LogP contribution in [0.1, 0.15) is 24.8 Å². The van der Waals surface area contributed by atoms with Crippen molar-refractivity contribution in [3.63, 3.8) is 0 Å². The van der Waals surface area contributed by atoms with E-state index in [0.29, 0.717) is 0 Å².